The van der Waals surface area contributed by atoms with Crippen molar-refractivity contribution in [3.05, 3.63) is 140 Å². The highest BCUT2D eigenvalue weighted by atomic mass is 35.5. The van der Waals surface area contributed by atoms with Gasteiger partial charge in [0.1, 0.15) is 31.0 Å². The van der Waals surface area contributed by atoms with Gasteiger partial charge in [-0.2, -0.15) is 65.6 Å². The number of nitrogen functional groups attached to an aromatic ring is 1. The summed E-state index contributed by atoms with van der Waals surface area (Å²) in [6.45, 7) is 0. The van der Waals surface area contributed by atoms with Gasteiger partial charge in [-0.1, -0.05) is 12.1 Å². The first-order valence-electron chi connectivity index (χ1n) is 21.2. The first kappa shape index (κ1) is 59.8. The standard InChI is InChI=1S/C40H29Cl2N15O19S6/c41-35-48-37(44-18-3-1-5-22(13-18)77(59,60)61)52-39(50-35)46-20-7-9-26(79(65,66)67)24(15-20)54-56-32-28(81(71,72)73)11-17-12-29(82(74,75)76)33(34(58)30(17)31(32)43)57-55-25-16-21(8-10-27(25)80(68,69)70)47-40-51-36(42)49-38(53-40)45-19-4-2-6-23(14-19)78(62,63)64/h1-16,55H,43H2,(H,59,60,61)(H,62,63,64)(H,65,66,67)(H,68,69,70)(H,71,72,73)(H,74,75,76)(H2,44,46,48,50,52)(H2,45,47,49,51,53)/b56-54?,57-33+. The van der Waals surface area contributed by atoms with Crippen LogP contribution in [-0.4, -0.2) is 119 Å². The summed E-state index contributed by atoms with van der Waals surface area (Å²) in [6.07, 6.45) is 0.449. The van der Waals surface area contributed by atoms with E-state index in [1.165, 1.54) is 24.3 Å². The number of azo groups is 1. The Balaban J connectivity index is 1.21. The maximum absolute atomic E-state index is 14.4. The molecule has 0 aliphatic heterocycles. The van der Waals surface area contributed by atoms with Crippen molar-refractivity contribution in [2.75, 3.05) is 11.2 Å². The van der Waals surface area contributed by atoms with Crippen molar-refractivity contribution >= 4 is 147 Å². The van der Waals surface area contributed by atoms with Gasteiger partial charge in [0.2, 0.25) is 38.8 Å². The molecule has 42 heteroatoms. The molecule has 0 spiro atoms. The van der Waals surface area contributed by atoms with Crippen LogP contribution in [0.5, 0.6) is 0 Å². The molecule has 0 radical (unpaired) electrons. The topological polar surface area (TPSA) is 557 Å². The summed E-state index contributed by atoms with van der Waals surface area (Å²) in [5, 5.41) is 10.3. The molecule has 0 saturated carbocycles. The normalized spacial score (nSPS) is 15.1. The first-order valence-corrected chi connectivity index (χ1v) is 30.6. The lowest BCUT2D eigenvalue weighted by molar-refractivity contribution is 0.106. The number of hydrogen-bond acceptors (Lipinski definition) is 24. The molecular formula is C40H29Cl2N15O19S6. The zero-order valence-corrected chi connectivity index (χ0v) is 45.9. The number of nitrogens with two attached hydrogens (primary N) is 1. The van der Waals surface area contributed by atoms with Gasteiger partial charge in [-0.05, 0) is 114 Å². The van der Waals surface area contributed by atoms with Crippen molar-refractivity contribution in [1.82, 2.24) is 29.9 Å². The highest BCUT2D eigenvalue weighted by Gasteiger charge is 2.37. The second-order valence-electron chi connectivity index (χ2n) is 16.0. The molecule has 0 fully saturated rings. The van der Waals surface area contributed by atoms with Crippen LogP contribution in [0.1, 0.15) is 15.9 Å². The molecule has 1 aliphatic carbocycles. The largest absolute Gasteiger partial charge is 0.396 e. The monoisotopic (exact) mass is 1280 g/mol. The lowest BCUT2D eigenvalue weighted by Crippen LogP contribution is -2.28. The number of aromatic nitrogens is 6. The van der Waals surface area contributed by atoms with Gasteiger partial charge in [-0.15, -0.1) is 10.2 Å². The number of hydrogen-bond donors (Lipinski definition) is 12. The molecule has 0 bridgehead atoms. The molecule has 0 atom stereocenters. The van der Waals surface area contributed by atoms with E-state index < -0.39 is 135 Å². The molecule has 5 aromatic carbocycles. The van der Waals surface area contributed by atoms with Crippen molar-refractivity contribution in [3.8, 4) is 0 Å². The van der Waals surface area contributed by atoms with Crippen LogP contribution in [0.25, 0.3) is 6.08 Å². The maximum Gasteiger partial charge on any atom is 0.296 e. The van der Waals surface area contributed by atoms with Gasteiger partial charge < -0.3 is 15.7 Å². The molecular weight excluding hydrogens is 1260 g/mol. The van der Waals surface area contributed by atoms with E-state index in [1.54, 1.807) is 0 Å². The number of anilines is 2. The summed E-state index contributed by atoms with van der Waals surface area (Å²) in [5.74, 6) is -1.60. The van der Waals surface area contributed by atoms with E-state index in [2.05, 4.69) is 70.6 Å². The average Bonchev–Trinajstić information content (AvgIpc) is 3.30. The van der Waals surface area contributed by atoms with Crippen LogP contribution >= 0.6 is 23.2 Å². The van der Waals surface area contributed by atoms with Crippen LogP contribution in [-0.2, 0) is 60.7 Å². The fraction of sp³-hybridized carbons (Fsp3) is 0. The van der Waals surface area contributed by atoms with Crippen molar-refractivity contribution in [3.63, 3.8) is 0 Å². The summed E-state index contributed by atoms with van der Waals surface area (Å²) in [5.41, 5.74) is -0.161. The number of allylic oxidation sites excluding steroid dienone is 1. The Labute approximate surface area is 467 Å². The van der Waals surface area contributed by atoms with Crippen molar-refractivity contribution in [1.29, 1.82) is 0 Å². The third-order valence-corrected chi connectivity index (χ3v) is 16.0. The molecule has 13 N–H and O–H groups in total. The van der Waals surface area contributed by atoms with Gasteiger partial charge in [-0.25, -0.2) is 20.0 Å². The average molecular weight is 1290 g/mol. The highest BCUT2D eigenvalue weighted by Crippen LogP contribution is 2.42. The smallest absolute Gasteiger partial charge is 0.296 e. The maximum atomic E-state index is 14.4. The summed E-state index contributed by atoms with van der Waals surface area (Å²) in [7, 11) is -30.9. The number of aromatic amines is 4. The van der Waals surface area contributed by atoms with Gasteiger partial charge >= 0.3 is 0 Å². The van der Waals surface area contributed by atoms with Gasteiger partial charge in [-0.3, -0.25) is 47.5 Å². The van der Waals surface area contributed by atoms with E-state index in [0.29, 0.717) is 12.1 Å². The molecule has 428 valence electrons. The number of halogens is 2. The highest BCUT2D eigenvalue weighted by molar-refractivity contribution is 7.91. The fourth-order valence-electron chi connectivity index (χ4n) is 7.00. The summed E-state index contributed by atoms with van der Waals surface area (Å²) < 4.78 is 208. The van der Waals surface area contributed by atoms with Crippen LogP contribution in [0.3, 0.4) is 0 Å². The number of nitrogens with one attached hydrogen (secondary N) is 5. The molecule has 1 aliphatic rings. The molecule has 2 aromatic heterocycles. The molecule has 34 nitrogen and oxygen atoms in total. The Kier molecular flexibility index (Phi) is 16.2. The first-order chi connectivity index (χ1) is 38.0. The number of carbonyl (C=O) groups is 1. The third kappa shape index (κ3) is 14.0. The minimum absolute atomic E-state index is 0.0509. The van der Waals surface area contributed by atoms with E-state index in [4.69, 9.17) is 28.9 Å². The number of carbonyl (C=O) groups excluding carboxylic acids is 1. The summed E-state index contributed by atoms with van der Waals surface area (Å²) >= 11 is 12.2. The van der Waals surface area contributed by atoms with Crippen LogP contribution in [0, 0.1) is 0 Å². The van der Waals surface area contributed by atoms with E-state index >= 15 is 0 Å². The summed E-state index contributed by atoms with van der Waals surface area (Å²) in [6, 6.07) is 14.9. The van der Waals surface area contributed by atoms with Crippen LogP contribution in [0.4, 0.5) is 45.5 Å². The molecule has 8 rings (SSSR count). The van der Waals surface area contributed by atoms with Gasteiger partial charge in [0, 0.05) is 0 Å². The minimum atomic E-state index is -5.60. The molecule has 2 heterocycles. The zero-order valence-electron chi connectivity index (χ0n) is 39.5. The van der Waals surface area contributed by atoms with E-state index in [-0.39, 0.29) is 55.8 Å². The molecule has 0 amide bonds. The Hall–Kier alpha value is -8.36. The minimum Gasteiger partial charge on any atom is -0.396 e. The number of hydrazone groups is 1. The fourth-order valence-corrected chi connectivity index (χ4v) is 10.9. The Morgan fingerprint density at radius 1 is 0.512 bits per heavy atom. The molecule has 7 aromatic rings. The number of H-pyrrole nitrogens is 4. The lowest BCUT2D eigenvalue weighted by atomic mass is 9.92. The second-order valence-corrected chi connectivity index (χ2v) is 25.1. The Bertz CT molecular complexity index is 5040. The predicted octanol–water partition coefficient (Wildman–Crippen LogP) is 3.15. The quantitative estimate of drug-likeness (QED) is 0.0322. The number of Topliss-reactive ketones (excluding diaryl/α,β-unsaturated/α-hetero) is 1. The van der Waals surface area contributed by atoms with Crippen molar-refractivity contribution in [2.45, 2.75) is 24.5 Å². The molecule has 82 heavy (non-hydrogen) atoms. The number of fused-ring (bicyclic) bond motifs is 1. The number of nitrogens with zero attached hydrogens (tertiary/aromatic N) is 9. The van der Waals surface area contributed by atoms with Gasteiger partial charge in [0.05, 0.1) is 49.5 Å². The summed E-state index contributed by atoms with van der Waals surface area (Å²) in [4.78, 5) is 43.2. The van der Waals surface area contributed by atoms with E-state index in [0.717, 1.165) is 60.7 Å². The molecule has 0 unspecified atom stereocenters. The van der Waals surface area contributed by atoms with Crippen molar-refractivity contribution in [2.24, 2.45) is 35.3 Å². The lowest BCUT2D eigenvalue weighted by Gasteiger charge is -2.20. The van der Waals surface area contributed by atoms with E-state index in [9.17, 15) is 82.6 Å². The van der Waals surface area contributed by atoms with Crippen LogP contribution < -0.4 is 33.6 Å². The SMILES string of the molecule is Nc1c(N=Nc2cc(N=c3[nH]c(Cl)nc(=Nc4cccc(S(=O)(=O)O)c4)[nH]3)ccc2S(=O)(=O)O)c(S(=O)(=O)O)cc2c1C(=O)/C(=N/Nc1cc(N=c3[nH]c(Cl)nc(=Nc4cccc(S(=O)(=O)O)c4)[nH]3)ccc1S(=O)(=O)O)C(S(=O)(=O)O)=C2. The van der Waals surface area contributed by atoms with Gasteiger partial charge in [0.15, 0.2) is 5.71 Å². The van der Waals surface area contributed by atoms with Crippen LogP contribution in [0.15, 0.2) is 156 Å². The number of ketones is 1. The zero-order chi connectivity index (χ0) is 60.1. The number of rotatable bonds is 14. The Morgan fingerprint density at radius 3 is 1.46 bits per heavy atom. The second kappa shape index (κ2) is 22.2. The Morgan fingerprint density at radius 2 is 0.988 bits per heavy atom. The van der Waals surface area contributed by atoms with Crippen molar-refractivity contribution < 1.29 is 82.6 Å². The molecule has 0 saturated heterocycles. The van der Waals surface area contributed by atoms with Gasteiger partial charge in [0.25, 0.3) is 60.7 Å². The predicted molar refractivity (Wildman–Crippen MR) is 282 cm³/mol. The van der Waals surface area contributed by atoms with E-state index in [1.807, 2.05) is 0 Å². The number of benzene rings is 5. The third-order valence-electron chi connectivity index (χ3n) is 10.4. The van der Waals surface area contributed by atoms with Crippen LogP contribution in [0.2, 0.25) is 10.6 Å².